The number of halogens is 3. The summed E-state index contributed by atoms with van der Waals surface area (Å²) in [6, 6.07) is 8.85. The van der Waals surface area contributed by atoms with E-state index < -0.39 is 52.4 Å². The average molecular weight is 450 g/mol. The van der Waals surface area contributed by atoms with Gasteiger partial charge in [0.1, 0.15) is 23.5 Å². The second-order valence-electron chi connectivity index (χ2n) is 8.52. The minimum absolute atomic E-state index is 0.0598. The maximum absolute atomic E-state index is 14.7. The number of ether oxygens (including phenoxy) is 2. The zero-order chi connectivity index (χ0) is 23.5. The van der Waals surface area contributed by atoms with Crippen LogP contribution in [-0.2, 0) is 16.1 Å². The standard InChI is InChI=1S/C23H25F3N2O4/c1-23(2,3)32-22(30)27-15-9-10-28(12-15)20-17(24)11-16(18(25)19(20)26)21(29)31-13-14-7-5-4-6-8-14/h4-8,11,15H,9-10,12-13H2,1-3H3,(H,27,30). The van der Waals surface area contributed by atoms with E-state index in [4.69, 9.17) is 9.47 Å². The average Bonchev–Trinajstić information content (AvgIpc) is 3.16. The third kappa shape index (κ3) is 5.72. The third-order valence-electron chi connectivity index (χ3n) is 4.79. The Morgan fingerprint density at radius 2 is 1.81 bits per heavy atom. The van der Waals surface area contributed by atoms with Gasteiger partial charge in [-0.2, -0.15) is 0 Å². The van der Waals surface area contributed by atoms with Gasteiger partial charge in [0.05, 0.1) is 6.04 Å². The maximum Gasteiger partial charge on any atom is 0.407 e. The molecule has 9 heteroatoms. The minimum Gasteiger partial charge on any atom is -0.457 e. The molecule has 0 radical (unpaired) electrons. The number of carbonyl (C=O) groups excluding carboxylic acids is 2. The molecule has 0 aromatic heterocycles. The molecule has 1 heterocycles. The normalized spacial score (nSPS) is 16.1. The summed E-state index contributed by atoms with van der Waals surface area (Å²) in [5, 5.41) is 2.64. The first-order chi connectivity index (χ1) is 15.0. The van der Waals surface area contributed by atoms with Crippen LogP contribution in [0.2, 0.25) is 0 Å². The predicted molar refractivity (Wildman–Crippen MR) is 112 cm³/mol. The number of alkyl carbamates (subject to hydrolysis) is 1. The lowest BCUT2D eigenvalue weighted by molar-refractivity contribution is 0.0463. The van der Waals surface area contributed by atoms with Gasteiger partial charge in [0, 0.05) is 13.1 Å². The Morgan fingerprint density at radius 3 is 2.47 bits per heavy atom. The molecule has 172 valence electrons. The summed E-state index contributed by atoms with van der Waals surface area (Å²) in [6.07, 6.45) is -0.256. The predicted octanol–water partition coefficient (Wildman–Crippen LogP) is 4.56. The molecule has 1 N–H and O–H groups in total. The van der Waals surface area contributed by atoms with Crippen molar-refractivity contribution in [1.29, 1.82) is 0 Å². The van der Waals surface area contributed by atoms with Gasteiger partial charge in [-0.3, -0.25) is 0 Å². The Hall–Kier alpha value is -3.23. The number of rotatable bonds is 5. The summed E-state index contributed by atoms with van der Waals surface area (Å²) in [4.78, 5) is 25.4. The van der Waals surface area contributed by atoms with Crippen LogP contribution in [0.5, 0.6) is 0 Å². The number of benzene rings is 2. The zero-order valence-electron chi connectivity index (χ0n) is 18.1. The lowest BCUT2D eigenvalue weighted by atomic mass is 10.1. The molecule has 1 aliphatic rings. The van der Waals surface area contributed by atoms with E-state index in [0.717, 1.165) is 0 Å². The van der Waals surface area contributed by atoms with Gasteiger partial charge in [-0.25, -0.2) is 22.8 Å². The van der Waals surface area contributed by atoms with Crippen LogP contribution in [0, 0.1) is 17.5 Å². The molecule has 0 aliphatic carbocycles. The van der Waals surface area contributed by atoms with E-state index in [1.165, 1.54) is 4.90 Å². The third-order valence-corrected chi connectivity index (χ3v) is 4.79. The molecule has 1 unspecified atom stereocenters. The summed E-state index contributed by atoms with van der Waals surface area (Å²) in [5.74, 6) is -5.22. The number of nitrogens with one attached hydrogen (secondary N) is 1. The molecule has 0 bridgehead atoms. The van der Waals surface area contributed by atoms with E-state index in [2.05, 4.69) is 5.32 Å². The number of esters is 1. The fourth-order valence-corrected chi connectivity index (χ4v) is 3.38. The van der Waals surface area contributed by atoms with Gasteiger partial charge in [0.25, 0.3) is 0 Å². The van der Waals surface area contributed by atoms with Gasteiger partial charge < -0.3 is 19.7 Å². The van der Waals surface area contributed by atoms with Crippen molar-refractivity contribution in [1.82, 2.24) is 5.32 Å². The molecule has 1 aliphatic heterocycles. The van der Waals surface area contributed by atoms with E-state index in [9.17, 15) is 22.8 Å². The first-order valence-corrected chi connectivity index (χ1v) is 10.2. The lowest BCUT2D eigenvalue weighted by Crippen LogP contribution is -2.40. The molecule has 0 saturated carbocycles. The number of carbonyl (C=O) groups is 2. The maximum atomic E-state index is 14.7. The monoisotopic (exact) mass is 450 g/mol. The molecule has 2 aromatic rings. The van der Waals surface area contributed by atoms with E-state index in [-0.39, 0.29) is 19.7 Å². The van der Waals surface area contributed by atoms with Crippen molar-refractivity contribution >= 4 is 17.7 Å². The molecule has 1 saturated heterocycles. The van der Waals surface area contributed by atoms with Crippen LogP contribution in [0.4, 0.5) is 23.7 Å². The van der Waals surface area contributed by atoms with Crippen LogP contribution < -0.4 is 10.2 Å². The number of nitrogens with zero attached hydrogens (tertiary/aromatic N) is 1. The molecule has 6 nitrogen and oxygen atoms in total. The highest BCUT2D eigenvalue weighted by atomic mass is 19.2. The van der Waals surface area contributed by atoms with Gasteiger partial charge in [0.15, 0.2) is 17.5 Å². The van der Waals surface area contributed by atoms with E-state index in [1.807, 2.05) is 0 Å². The Bertz CT molecular complexity index is 993. The number of anilines is 1. The smallest absolute Gasteiger partial charge is 0.407 e. The molecule has 0 spiro atoms. The SMILES string of the molecule is CC(C)(C)OC(=O)NC1CCN(c2c(F)cc(C(=O)OCc3ccccc3)c(F)c2F)C1. The highest BCUT2D eigenvalue weighted by Gasteiger charge is 2.32. The molecule has 1 amide bonds. The van der Waals surface area contributed by atoms with Crippen LogP contribution in [0.1, 0.15) is 43.1 Å². The second kappa shape index (κ2) is 9.50. The van der Waals surface area contributed by atoms with Gasteiger partial charge in [-0.1, -0.05) is 30.3 Å². The first kappa shape index (κ1) is 23.4. The molecule has 2 aromatic carbocycles. The summed E-state index contributed by atoms with van der Waals surface area (Å²) in [5.41, 5.74) is -1.44. The highest BCUT2D eigenvalue weighted by Crippen LogP contribution is 2.31. The van der Waals surface area contributed by atoms with E-state index in [1.54, 1.807) is 51.1 Å². The second-order valence-corrected chi connectivity index (χ2v) is 8.52. The first-order valence-electron chi connectivity index (χ1n) is 10.2. The Labute approximate surface area is 184 Å². The van der Waals surface area contributed by atoms with Crippen molar-refractivity contribution in [2.45, 2.75) is 45.4 Å². The van der Waals surface area contributed by atoms with Crippen molar-refractivity contribution in [2.75, 3.05) is 18.0 Å². The summed E-state index contributed by atoms with van der Waals surface area (Å²) in [6.45, 7) is 5.23. The van der Waals surface area contributed by atoms with Crippen LogP contribution >= 0.6 is 0 Å². The zero-order valence-corrected chi connectivity index (χ0v) is 18.1. The van der Waals surface area contributed by atoms with E-state index in [0.29, 0.717) is 18.1 Å². The summed E-state index contributed by atoms with van der Waals surface area (Å²) >= 11 is 0. The highest BCUT2D eigenvalue weighted by molar-refractivity contribution is 5.90. The van der Waals surface area contributed by atoms with Crippen molar-refractivity contribution in [2.24, 2.45) is 0 Å². The quantitative estimate of drug-likeness (QED) is 0.534. The molecule has 3 rings (SSSR count). The van der Waals surface area contributed by atoms with E-state index >= 15 is 0 Å². The van der Waals surface area contributed by atoms with Crippen LogP contribution in [-0.4, -0.2) is 36.8 Å². The van der Waals surface area contributed by atoms with Crippen LogP contribution in [0.15, 0.2) is 36.4 Å². The number of hydrogen-bond donors (Lipinski definition) is 1. The van der Waals surface area contributed by atoms with Crippen molar-refractivity contribution < 1.29 is 32.2 Å². The van der Waals surface area contributed by atoms with Crippen LogP contribution in [0.3, 0.4) is 0 Å². The van der Waals surface area contributed by atoms with Gasteiger partial charge in [-0.15, -0.1) is 0 Å². The van der Waals surface area contributed by atoms with Crippen molar-refractivity contribution in [3.63, 3.8) is 0 Å². The van der Waals surface area contributed by atoms with Crippen molar-refractivity contribution in [3.05, 3.63) is 65.0 Å². The van der Waals surface area contributed by atoms with Crippen molar-refractivity contribution in [3.8, 4) is 0 Å². The van der Waals surface area contributed by atoms with Crippen LogP contribution in [0.25, 0.3) is 0 Å². The molecular formula is C23H25F3N2O4. The summed E-state index contributed by atoms with van der Waals surface area (Å²) in [7, 11) is 0. The summed E-state index contributed by atoms with van der Waals surface area (Å²) < 4.78 is 54.2. The molecule has 1 atom stereocenters. The minimum atomic E-state index is -1.48. The molecular weight excluding hydrogens is 425 g/mol. The largest absolute Gasteiger partial charge is 0.457 e. The van der Waals surface area contributed by atoms with Gasteiger partial charge >= 0.3 is 12.1 Å². The Kier molecular flexibility index (Phi) is 6.96. The number of amides is 1. The Balaban J connectivity index is 1.69. The fraction of sp³-hybridized carbons (Fsp3) is 0.391. The number of hydrogen-bond acceptors (Lipinski definition) is 5. The topological polar surface area (TPSA) is 67.9 Å². The van der Waals surface area contributed by atoms with Gasteiger partial charge in [0.2, 0.25) is 0 Å². The van der Waals surface area contributed by atoms with Gasteiger partial charge in [-0.05, 0) is 38.8 Å². The fourth-order valence-electron chi connectivity index (χ4n) is 3.38. The lowest BCUT2D eigenvalue weighted by Gasteiger charge is -2.23. The molecule has 32 heavy (non-hydrogen) atoms. The molecule has 1 fully saturated rings. The Morgan fingerprint density at radius 1 is 1.12 bits per heavy atom.